The van der Waals surface area contributed by atoms with Crippen LogP contribution in [-0.4, -0.2) is 33.8 Å². The van der Waals surface area contributed by atoms with Crippen molar-refractivity contribution in [1.29, 1.82) is 0 Å². The van der Waals surface area contributed by atoms with Crippen molar-refractivity contribution in [3.05, 3.63) is 29.3 Å². The summed E-state index contributed by atoms with van der Waals surface area (Å²) in [5, 5.41) is 9.66. The molecule has 0 spiro atoms. The van der Waals surface area contributed by atoms with Crippen LogP contribution in [0.5, 0.6) is 5.75 Å². The van der Waals surface area contributed by atoms with E-state index >= 15 is 0 Å². The van der Waals surface area contributed by atoms with Gasteiger partial charge in [0.05, 0.1) is 0 Å². The molecular formula is C14H18BrNO2. The maximum absolute atomic E-state index is 12.3. The number of piperidine rings is 1. The van der Waals surface area contributed by atoms with Crippen molar-refractivity contribution in [2.24, 2.45) is 5.92 Å². The second kappa shape index (κ2) is 5.31. The van der Waals surface area contributed by atoms with Gasteiger partial charge < -0.3 is 10.0 Å². The SMILES string of the molecule is Cc1ccc(C(=O)N2CCC(C)C(Br)C2)cc1O. The Morgan fingerprint density at radius 2 is 2.22 bits per heavy atom. The van der Waals surface area contributed by atoms with Gasteiger partial charge in [0, 0.05) is 23.5 Å². The summed E-state index contributed by atoms with van der Waals surface area (Å²) >= 11 is 3.62. The molecule has 1 aromatic carbocycles. The van der Waals surface area contributed by atoms with E-state index in [-0.39, 0.29) is 11.7 Å². The summed E-state index contributed by atoms with van der Waals surface area (Å²) in [6.45, 7) is 5.53. The van der Waals surface area contributed by atoms with Crippen molar-refractivity contribution in [1.82, 2.24) is 4.90 Å². The van der Waals surface area contributed by atoms with Crippen molar-refractivity contribution >= 4 is 21.8 Å². The molecule has 1 saturated heterocycles. The Hall–Kier alpha value is -1.03. The fourth-order valence-electron chi connectivity index (χ4n) is 2.13. The van der Waals surface area contributed by atoms with E-state index < -0.39 is 0 Å². The molecule has 0 radical (unpaired) electrons. The van der Waals surface area contributed by atoms with Crippen molar-refractivity contribution in [2.75, 3.05) is 13.1 Å². The van der Waals surface area contributed by atoms with E-state index in [9.17, 15) is 9.90 Å². The average Bonchev–Trinajstić information content (AvgIpc) is 2.35. The van der Waals surface area contributed by atoms with Crippen LogP contribution in [0.2, 0.25) is 0 Å². The number of alkyl halides is 1. The second-order valence-corrected chi connectivity index (χ2v) is 6.21. The van der Waals surface area contributed by atoms with E-state index in [1.807, 2.05) is 11.8 Å². The quantitative estimate of drug-likeness (QED) is 0.810. The van der Waals surface area contributed by atoms with Gasteiger partial charge >= 0.3 is 0 Å². The number of hydrogen-bond donors (Lipinski definition) is 1. The number of likely N-dealkylation sites (tertiary alicyclic amines) is 1. The van der Waals surface area contributed by atoms with Crippen LogP contribution in [0.1, 0.15) is 29.3 Å². The zero-order valence-corrected chi connectivity index (χ0v) is 12.3. The molecule has 1 fully saturated rings. The number of hydrogen-bond acceptors (Lipinski definition) is 2. The summed E-state index contributed by atoms with van der Waals surface area (Å²) in [6.07, 6.45) is 1.01. The number of halogens is 1. The molecule has 98 valence electrons. The van der Waals surface area contributed by atoms with Gasteiger partial charge in [0.25, 0.3) is 5.91 Å². The Morgan fingerprint density at radius 1 is 1.50 bits per heavy atom. The number of amides is 1. The molecule has 0 saturated carbocycles. The fraction of sp³-hybridized carbons (Fsp3) is 0.500. The van der Waals surface area contributed by atoms with Crippen LogP contribution in [0.15, 0.2) is 18.2 Å². The molecule has 2 rings (SSSR count). The van der Waals surface area contributed by atoms with E-state index in [1.54, 1.807) is 18.2 Å². The lowest BCUT2D eigenvalue weighted by Gasteiger charge is -2.34. The molecule has 3 nitrogen and oxygen atoms in total. The van der Waals surface area contributed by atoms with Gasteiger partial charge in [-0.15, -0.1) is 0 Å². The molecule has 4 heteroatoms. The lowest BCUT2D eigenvalue weighted by molar-refractivity contribution is 0.0705. The first-order valence-corrected chi connectivity index (χ1v) is 7.13. The first kappa shape index (κ1) is 13.4. The highest BCUT2D eigenvalue weighted by atomic mass is 79.9. The highest BCUT2D eigenvalue weighted by Gasteiger charge is 2.27. The first-order chi connectivity index (χ1) is 8.49. The largest absolute Gasteiger partial charge is 0.508 e. The van der Waals surface area contributed by atoms with E-state index in [0.717, 1.165) is 25.1 Å². The molecular weight excluding hydrogens is 294 g/mol. The van der Waals surface area contributed by atoms with Gasteiger partial charge in [-0.1, -0.05) is 28.9 Å². The van der Waals surface area contributed by atoms with Crippen LogP contribution in [0, 0.1) is 12.8 Å². The van der Waals surface area contributed by atoms with Crippen LogP contribution < -0.4 is 0 Å². The maximum Gasteiger partial charge on any atom is 0.254 e. The molecule has 1 N–H and O–H groups in total. The van der Waals surface area contributed by atoms with Gasteiger partial charge in [-0.05, 0) is 37.0 Å². The standard InChI is InChI=1S/C14H18BrNO2/c1-9-5-6-16(8-12(9)15)14(18)11-4-3-10(2)13(17)7-11/h3-4,7,9,12,17H,5-6,8H2,1-2H3. The van der Waals surface area contributed by atoms with Gasteiger partial charge in [0.1, 0.15) is 5.75 Å². The zero-order chi connectivity index (χ0) is 13.3. The third kappa shape index (κ3) is 2.69. The minimum atomic E-state index is 0.00153. The first-order valence-electron chi connectivity index (χ1n) is 6.22. The van der Waals surface area contributed by atoms with Crippen LogP contribution in [0.4, 0.5) is 0 Å². The fourth-order valence-corrected chi connectivity index (χ4v) is 2.75. The van der Waals surface area contributed by atoms with Gasteiger partial charge in [-0.3, -0.25) is 4.79 Å². The molecule has 0 aliphatic carbocycles. The molecule has 1 aliphatic rings. The number of nitrogens with zero attached hydrogens (tertiary/aromatic N) is 1. The van der Waals surface area contributed by atoms with Crippen LogP contribution in [-0.2, 0) is 0 Å². The molecule has 1 heterocycles. The summed E-state index contributed by atoms with van der Waals surface area (Å²) < 4.78 is 0. The Balaban J connectivity index is 2.14. The molecule has 2 atom stereocenters. The lowest BCUT2D eigenvalue weighted by Crippen LogP contribution is -2.43. The van der Waals surface area contributed by atoms with Crippen LogP contribution in [0.3, 0.4) is 0 Å². The smallest absolute Gasteiger partial charge is 0.254 e. The van der Waals surface area contributed by atoms with E-state index in [1.165, 1.54) is 0 Å². The molecule has 1 aliphatic heterocycles. The predicted octanol–water partition coefficient (Wildman–Crippen LogP) is 2.95. The van der Waals surface area contributed by atoms with E-state index in [2.05, 4.69) is 22.9 Å². The molecule has 0 aromatic heterocycles. The number of carbonyl (C=O) groups is 1. The minimum absolute atomic E-state index is 0.00153. The Bertz CT molecular complexity index is 461. The highest BCUT2D eigenvalue weighted by Crippen LogP contribution is 2.25. The Morgan fingerprint density at radius 3 is 2.83 bits per heavy atom. The number of rotatable bonds is 1. The average molecular weight is 312 g/mol. The summed E-state index contributed by atoms with van der Waals surface area (Å²) in [6, 6.07) is 5.11. The predicted molar refractivity (Wildman–Crippen MR) is 75.2 cm³/mol. The van der Waals surface area contributed by atoms with Gasteiger partial charge in [-0.25, -0.2) is 0 Å². The third-order valence-electron chi connectivity index (χ3n) is 3.61. The number of phenolic OH excluding ortho intramolecular Hbond substituents is 1. The number of phenols is 1. The normalized spacial score (nSPS) is 24.1. The number of aryl methyl sites for hydroxylation is 1. The third-order valence-corrected chi connectivity index (χ3v) is 4.80. The second-order valence-electron chi connectivity index (χ2n) is 5.03. The maximum atomic E-state index is 12.3. The van der Waals surface area contributed by atoms with Crippen molar-refractivity contribution in [2.45, 2.75) is 25.1 Å². The molecule has 0 bridgehead atoms. The lowest BCUT2D eigenvalue weighted by atomic mass is 9.98. The van der Waals surface area contributed by atoms with Gasteiger partial charge in [0.2, 0.25) is 0 Å². The summed E-state index contributed by atoms with van der Waals surface area (Å²) in [7, 11) is 0. The van der Waals surface area contributed by atoms with Crippen molar-refractivity contribution < 1.29 is 9.90 Å². The summed E-state index contributed by atoms with van der Waals surface area (Å²) in [5.41, 5.74) is 1.35. The summed E-state index contributed by atoms with van der Waals surface area (Å²) in [5.74, 6) is 0.781. The zero-order valence-electron chi connectivity index (χ0n) is 10.7. The Labute approximate surface area is 116 Å². The van der Waals surface area contributed by atoms with Gasteiger partial charge in [0.15, 0.2) is 0 Å². The highest BCUT2D eigenvalue weighted by molar-refractivity contribution is 9.09. The molecule has 1 aromatic rings. The Kier molecular flexibility index (Phi) is 3.95. The van der Waals surface area contributed by atoms with Crippen molar-refractivity contribution in [3.63, 3.8) is 0 Å². The molecule has 18 heavy (non-hydrogen) atoms. The number of aromatic hydroxyl groups is 1. The number of benzene rings is 1. The number of carbonyl (C=O) groups excluding carboxylic acids is 1. The molecule has 2 unspecified atom stereocenters. The van der Waals surface area contributed by atoms with Crippen molar-refractivity contribution in [3.8, 4) is 5.75 Å². The van der Waals surface area contributed by atoms with E-state index in [0.29, 0.717) is 16.3 Å². The van der Waals surface area contributed by atoms with E-state index in [4.69, 9.17) is 0 Å². The monoisotopic (exact) mass is 311 g/mol. The summed E-state index contributed by atoms with van der Waals surface area (Å²) in [4.78, 5) is 14.5. The van der Waals surface area contributed by atoms with Crippen LogP contribution in [0.25, 0.3) is 0 Å². The molecule has 1 amide bonds. The van der Waals surface area contributed by atoms with Gasteiger partial charge in [-0.2, -0.15) is 0 Å². The van der Waals surface area contributed by atoms with Crippen LogP contribution >= 0.6 is 15.9 Å². The topological polar surface area (TPSA) is 40.5 Å². The minimum Gasteiger partial charge on any atom is -0.508 e.